The molecule has 0 saturated heterocycles. The van der Waals surface area contributed by atoms with Crippen LogP contribution in [0.3, 0.4) is 0 Å². The molecule has 0 atom stereocenters. The zero-order valence-corrected chi connectivity index (χ0v) is 12.1. The van der Waals surface area contributed by atoms with Crippen molar-refractivity contribution in [1.29, 1.82) is 0 Å². The number of likely N-dealkylation sites (N-methyl/N-ethyl adjacent to an activating group) is 1. The first-order chi connectivity index (χ1) is 9.03. The van der Waals surface area contributed by atoms with Gasteiger partial charge in [0.25, 0.3) is 0 Å². The molecule has 0 unspecified atom stereocenters. The topological polar surface area (TPSA) is 46.6 Å². The van der Waals surface area contributed by atoms with Gasteiger partial charge in [-0.2, -0.15) is 0 Å². The summed E-state index contributed by atoms with van der Waals surface area (Å²) in [7, 11) is 1.87. The SMILES string of the molecule is CCOC(=O)C1=C(C)C2(CCCCC2)N(C)C(=O)C1. The minimum Gasteiger partial charge on any atom is -0.463 e. The van der Waals surface area contributed by atoms with E-state index in [-0.39, 0.29) is 23.8 Å². The first kappa shape index (κ1) is 14.1. The minimum absolute atomic E-state index is 0.0375. The molecule has 0 aromatic carbocycles. The Bertz CT molecular complexity index is 419. The van der Waals surface area contributed by atoms with Gasteiger partial charge in [-0.25, -0.2) is 4.79 Å². The molecule has 0 aromatic heterocycles. The average molecular weight is 265 g/mol. The molecular weight excluding hydrogens is 242 g/mol. The molecule has 1 amide bonds. The molecular formula is C15H23NO3. The van der Waals surface area contributed by atoms with Crippen molar-refractivity contribution in [3.8, 4) is 0 Å². The lowest BCUT2D eigenvalue weighted by Gasteiger charge is -2.49. The van der Waals surface area contributed by atoms with Crippen LogP contribution in [-0.2, 0) is 14.3 Å². The second-order valence-electron chi connectivity index (χ2n) is 5.55. The summed E-state index contributed by atoms with van der Waals surface area (Å²) in [5.74, 6) is -0.276. The predicted octanol–water partition coefficient (Wildman–Crippen LogP) is 2.43. The quantitative estimate of drug-likeness (QED) is 0.720. The Morgan fingerprint density at radius 1 is 1.32 bits per heavy atom. The molecule has 1 saturated carbocycles. The maximum atomic E-state index is 12.2. The fraction of sp³-hybridized carbons (Fsp3) is 0.733. The van der Waals surface area contributed by atoms with Crippen molar-refractivity contribution < 1.29 is 14.3 Å². The maximum Gasteiger partial charge on any atom is 0.334 e. The molecule has 4 heteroatoms. The number of carbonyl (C=O) groups is 2. The van der Waals surface area contributed by atoms with E-state index in [2.05, 4.69) is 0 Å². The summed E-state index contributed by atoms with van der Waals surface area (Å²) in [5.41, 5.74) is 1.40. The van der Waals surface area contributed by atoms with Crippen LogP contribution in [0.15, 0.2) is 11.1 Å². The Labute approximate surface area is 114 Å². The fourth-order valence-corrected chi connectivity index (χ4v) is 3.46. The largest absolute Gasteiger partial charge is 0.463 e. The predicted molar refractivity (Wildman–Crippen MR) is 72.5 cm³/mol. The standard InChI is InChI=1S/C15H23NO3/c1-4-19-14(18)12-10-13(17)16(3)15(11(12)2)8-6-5-7-9-15/h4-10H2,1-3H3. The normalized spacial score (nSPS) is 22.9. The van der Waals surface area contributed by atoms with Gasteiger partial charge in [-0.15, -0.1) is 0 Å². The number of esters is 1. The third kappa shape index (κ3) is 2.28. The number of hydrogen-bond acceptors (Lipinski definition) is 3. The smallest absolute Gasteiger partial charge is 0.334 e. The van der Waals surface area contributed by atoms with Gasteiger partial charge in [-0.05, 0) is 32.3 Å². The van der Waals surface area contributed by atoms with Crippen molar-refractivity contribution in [3.63, 3.8) is 0 Å². The Kier molecular flexibility index (Phi) is 3.97. The van der Waals surface area contributed by atoms with E-state index in [1.54, 1.807) is 6.92 Å². The first-order valence-electron chi connectivity index (χ1n) is 7.17. The number of hydrogen-bond donors (Lipinski definition) is 0. The lowest BCUT2D eigenvalue weighted by Crippen LogP contribution is -2.55. The summed E-state index contributed by atoms with van der Waals surface area (Å²) >= 11 is 0. The van der Waals surface area contributed by atoms with Crippen molar-refractivity contribution in [1.82, 2.24) is 4.90 Å². The zero-order chi connectivity index (χ0) is 14.0. The van der Waals surface area contributed by atoms with E-state index in [0.29, 0.717) is 12.2 Å². The van der Waals surface area contributed by atoms with E-state index >= 15 is 0 Å². The van der Waals surface area contributed by atoms with E-state index < -0.39 is 0 Å². The van der Waals surface area contributed by atoms with Crippen LogP contribution < -0.4 is 0 Å². The second kappa shape index (κ2) is 5.35. The third-order valence-electron chi connectivity index (χ3n) is 4.70. The van der Waals surface area contributed by atoms with Gasteiger partial charge in [0.2, 0.25) is 5.91 Å². The van der Waals surface area contributed by atoms with Crippen molar-refractivity contribution >= 4 is 11.9 Å². The number of amides is 1. The van der Waals surface area contributed by atoms with Crippen LogP contribution in [0.25, 0.3) is 0 Å². The third-order valence-corrected chi connectivity index (χ3v) is 4.70. The number of nitrogens with zero attached hydrogens (tertiary/aromatic N) is 1. The van der Waals surface area contributed by atoms with Crippen LogP contribution in [-0.4, -0.2) is 36.0 Å². The van der Waals surface area contributed by atoms with Gasteiger partial charge in [0, 0.05) is 12.6 Å². The summed E-state index contributed by atoms with van der Waals surface area (Å²) in [4.78, 5) is 26.1. The monoisotopic (exact) mass is 265 g/mol. The fourth-order valence-electron chi connectivity index (χ4n) is 3.46. The molecule has 0 N–H and O–H groups in total. The highest BCUT2D eigenvalue weighted by Gasteiger charge is 2.45. The summed E-state index contributed by atoms with van der Waals surface area (Å²) in [6, 6.07) is 0. The molecule has 1 heterocycles. The maximum absolute atomic E-state index is 12.2. The van der Waals surface area contributed by atoms with Crippen LogP contribution >= 0.6 is 0 Å². The molecule has 1 spiro atoms. The van der Waals surface area contributed by atoms with Crippen molar-refractivity contribution in [2.45, 2.75) is 57.9 Å². The van der Waals surface area contributed by atoms with Gasteiger partial charge < -0.3 is 9.64 Å². The molecule has 0 radical (unpaired) electrons. The van der Waals surface area contributed by atoms with Crippen molar-refractivity contribution in [2.24, 2.45) is 0 Å². The lowest BCUT2D eigenvalue weighted by atomic mass is 9.71. The average Bonchev–Trinajstić information content (AvgIpc) is 2.42. The molecule has 2 rings (SSSR count). The van der Waals surface area contributed by atoms with Crippen molar-refractivity contribution in [2.75, 3.05) is 13.7 Å². The van der Waals surface area contributed by atoms with Gasteiger partial charge >= 0.3 is 5.97 Å². The molecule has 0 bridgehead atoms. The van der Waals surface area contributed by atoms with Crippen LogP contribution in [0.2, 0.25) is 0 Å². The molecule has 0 aromatic rings. The van der Waals surface area contributed by atoms with Gasteiger partial charge in [-0.1, -0.05) is 19.3 Å². The lowest BCUT2D eigenvalue weighted by molar-refractivity contribution is -0.143. The van der Waals surface area contributed by atoms with Gasteiger partial charge in [0.15, 0.2) is 0 Å². The van der Waals surface area contributed by atoms with Crippen LogP contribution in [0.5, 0.6) is 0 Å². The van der Waals surface area contributed by atoms with E-state index in [0.717, 1.165) is 31.3 Å². The Hall–Kier alpha value is -1.32. The molecule has 106 valence electrons. The van der Waals surface area contributed by atoms with E-state index in [9.17, 15) is 9.59 Å². The highest BCUT2D eigenvalue weighted by atomic mass is 16.5. The summed E-state index contributed by atoms with van der Waals surface area (Å²) in [6.45, 7) is 4.15. The summed E-state index contributed by atoms with van der Waals surface area (Å²) < 4.78 is 5.10. The van der Waals surface area contributed by atoms with Crippen LogP contribution in [0.1, 0.15) is 52.4 Å². The molecule has 1 aliphatic carbocycles. The van der Waals surface area contributed by atoms with Crippen LogP contribution in [0.4, 0.5) is 0 Å². The van der Waals surface area contributed by atoms with Gasteiger partial charge in [0.1, 0.15) is 0 Å². The molecule has 2 aliphatic rings. The molecule has 1 fully saturated rings. The molecule has 4 nitrogen and oxygen atoms in total. The Balaban J connectivity index is 2.41. The Morgan fingerprint density at radius 2 is 1.95 bits per heavy atom. The summed E-state index contributed by atoms with van der Waals surface area (Å²) in [5, 5.41) is 0. The van der Waals surface area contributed by atoms with Gasteiger partial charge in [-0.3, -0.25) is 4.79 Å². The zero-order valence-electron chi connectivity index (χ0n) is 12.1. The van der Waals surface area contributed by atoms with E-state index in [1.165, 1.54) is 6.42 Å². The van der Waals surface area contributed by atoms with Gasteiger partial charge in [0.05, 0.1) is 18.6 Å². The summed E-state index contributed by atoms with van der Waals surface area (Å²) in [6.07, 6.45) is 5.55. The Morgan fingerprint density at radius 3 is 2.53 bits per heavy atom. The second-order valence-corrected chi connectivity index (χ2v) is 5.55. The number of ether oxygens (including phenoxy) is 1. The highest BCUT2D eigenvalue weighted by molar-refractivity contribution is 5.98. The minimum atomic E-state index is -0.314. The van der Waals surface area contributed by atoms with Crippen molar-refractivity contribution in [3.05, 3.63) is 11.1 Å². The number of carbonyl (C=O) groups excluding carboxylic acids is 2. The molecule has 19 heavy (non-hydrogen) atoms. The van der Waals surface area contributed by atoms with Crippen LogP contribution in [0, 0.1) is 0 Å². The van der Waals surface area contributed by atoms with E-state index in [4.69, 9.17) is 4.74 Å². The number of rotatable bonds is 2. The molecule has 1 aliphatic heterocycles. The first-order valence-corrected chi connectivity index (χ1v) is 7.17. The van der Waals surface area contributed by atoms with E-state index in [1.807, 2.05) is 18.9 Å². The highest BCUT2D eigenvalue weighted by Crippen LogP contribution is 2.43.